The zero-order chi connectivity index (χ0) is 20.4. The summed E-state index contributed by atoms with van der Waals surface area (Å²) in [5, 5.41) is 10.6. The number of amides is 1. The van der Waals surface area contributed by atoms with Crippen molar-refractivity contribution in [1.82, 2.24) is 19.7 Å². The molecule has 2 aromatic carbocycles. The predicted octanol–water partition coefficient (Wildman–Crippen LogP) is 4.25. The van der Waals surface area contributed by atoms with Gasteiger partial charge >= 0.3 is 0 Å². The van der Waals surface area contributed by atoms with E-state index in [-0.39, 0.29) is 19.1 Å². The van der Waals surface area contributed by atoms with E-state index in [1.165, 1.54) is 0 Å². The summed E-state index contributed by atoms with van der Waals surface area (Å²) in [7, 11) is 0. The van der Waals surface area contributed by atoms with Crippen molar-refractivity contribution >= 4 is 34.2 Å². The van der Waals surface area contributed by atoms with Gasteiger partial charge in [-0.15, -0.1) is 0 Å². The number of carbonyl (C=O) groups excluding carboxylic acids is 1. The van der Waals surface area contributed by atoms with Crippen molar-refractivity contribution in [3.8, 4) is 5.75 Å². The molecule has 0 aliphatic rings. The lowest BCUT2D eigenvalue weighted by Crippen LogP contribution is -2.21. The van der Waals surface area contributed by atoms with Crippen LogP contribution in [0.25, 0.3) is 11.0 Å². The van der Waals surface area contributed by atoms with Crippen LogP contribution in [0.15, 0.2) is 48.5 Å². The maximum absolute atomic E-state index is 12.7. The number of para-hydroxylation sites is 2. The number of anilines is 1. The highest BCUT2D eigenvalue weighted by Crippen LogP contribution is 2.21. The summed E-state index contributed by atoms with van der Waals surface area (Å²) in [6.45, 7) is 4.06. The number of aromatic nitrogens is 4. The molecule has 2 N–H and O–H groups in total. The highest BCUT2D eigenvalue weighted by Gasteiger charge is 2.16. The number of aryl methyl sites for hydroxylation is 2. The van der Waals surface area contributed by atoms with Crippen LogP contribution in [-0.2, 0) is 17.9 Å². The summed E-state index contributed by atoms with van der Waals surface area (Å²) in [6, 6.07) is 14.8. The third-order valence-electron chi connectivity index (χ3n) is 4.61. The van der Waals surface area contributed by atoms with Gasteiger partial charge < -0.3 is 14.6 Å². The minimum absolute atomic E-state index is 0.115. The molecular formula is C21H20ClN5O2. The molecule has 0 bridgehead atoms. The standard InChI is InChI=1S/C21H20ClN5O2/c1-13-21(14(2)26-25-13)24-20(28)11-27-18-6-4-3-5-17(18)23-19(27)12-29-16-9-7-15(22)8-10-16/h3-10H,11-12H2,1-2H3,(H,24,28)(H,25,26). The number of aromatic amines is 1. The number of ether oxygens (including phenoxy) is 1. The lowest BCUT2D eigenvalue weighted by Gasteiger charge is -2.11. The first-order valence-electron chi connectivity index (χ1n) is 9.15. The van der Waals surface area contributed by atoms with Gasteiger partial charge in [-0.25, -0.2) is 4.98 Å². The van der Waals surface area contributed by atoms with E-state index in [2.05, 4.69) is 20.5 Å². The SMILES string of the molecule is Cc1n[nH]c(C)c1NC(=O)Cn1c(COc2ccc(Cl)cc2)nc2ccccc21. The fourth-order valence-corrected chi connectivity index (χ4v) is 3.27. The van der Waals surface area contributed by atoms with Crippen molar-refractivity contribution in [2.45, 2.75) is 27.0 Å². The van der Waals surface area contributed by atoms with Gasteiger partial charge in [0.2, 0.25) is 5.91 Å². The van der Waals surface area contributed by atoms with Crippen LogP contribution in [-0.4, -0.2) is 25.7 Å². The molecule has 0 aliphatic heterocycles. The van der Waals surface area contributed by atoms with Crippen LogP contribution in [0.5, 0.6) is 5.75 Å². The second-order valence-electron chi connectivity index (χ2n) is 6.70. The molecule has 8 heteroatoms. The highest BCUT2D eigenvalue weighted by molar-refractivity contribution is 6.30. The number of imidazole rings is 1. The van der Waals surface area contributed by atoms with E-state index in [0.717, 1.165) is 22.4 Å². The molecule has 0 aliphatic carbocycles. The molecule has 2 heterocycles. The Morgan fingerprint density at radius 3 is 2.66 bits per heavy atom. The average Bonchev–Trinajstić information content (AvgIpc) is 3.22. The molecule has 0 saturated heterocycles. The van der Waals surface area contributed by atoms with E-state index in [0.29, 0.717) is 22.3 Å². The Kier molecular flexibility index (Phi) is 5.22. The van der Waals surface area contributed by atoms with Crippen molar-refractivity contribution in [2.24, 2.45) is 0 Å². The summed E-state index contributed by atoms with van der Waals surface area (Å²) >= 11 is 5.92. The summed E-state index contributed by atoms with van der Waals surface area (Å²) in [5.41, 5.74) is 3.96. The van der Waals surface area contributed by atoms with Crippen LogP contribution in [0.4, 0.5) is 5.69 Å². The normalized spacial score (nSPS) is 11.0. The molecule has 0 atom stereocenters. The molecular weight excluding hydrogens is 390 g/mol. The molecule has 7 nitrogen and oxygen atoms in total. The van der Waals surface area contributed by atoms with Crippen molar-refractivity contribution in [1.29, 1.82) is 0 Å². The quantitative estimate of drug-likeness (QED) is 0.498. The largest absolute Gasteiger partial charge is 0.486 e. The van der Waals surface area contributed by atoms with Gasteiger partial charge in [-0.05, 0) is 50.2 Å². The second kappa shape index (κ2) is 7.97. The molecule has 4 rings (SSSR count). The van der Waals surface area contributed by atoms with E-state index < -0.39 is 0 Å². The van der Waals surface area contributed by atoms with Crippen LogP contribution in [0.3, 0.4) is 0 Å². The van der Waals surface area contributed by atoms with Gasteiger partial charge in [-0.2, -0.15) is 5.10 Å². The minimum Gasteiger partial charge on any atom is -0.486 e. The number of nitrogens with one attached hydrogen (secondary N) is 2. The van der Waals surface area contributed by atoms with E-state index in [4.69, 9.17) is 16.3 Å². The minimum atomic E-state index is -0.159. The molecule has 2 aromatic heterocycles. The van der Waals surface area contributed by atoms with Gasteiger partial charge in [-0.1, -0.05) is 23.7 Å². The zero-order valence-corrected chi connectivity index (χ0v) is 16.8. The van der Waals surface area contributed by atoms with Crippen molar-refractivity contribution in [2.75, 3.05) is 5.32 Å². The maximum atomic E-state index is 12.7. The van der Waals surface area contributed by atoms with Crippen molar-refractivity contribution in [3.05, 3.63) is 70.8 Å². The van der Waals surface area contributed by atoms with Crippen molar-refractivity contribution in [3.63, 3.8) is 0 Å². The monoisotopic (exact) mass is 409 g/mol. The Labute approximate surface area is 172 Å². The van der Waals surface area contributed by atoms with E-state index in [9.17, 15) is 4.79 Å². The number of hydrogen-bond acceptors (Lipinski definition) is 4. The Hall–Kier alpha value is -3.32. The Balaban J connectivity index is 1.57. The van der Waals surface area contributed by atoms with Crippen LogP contribution in [0.1, 0.15) is 17.2 Å². The van der Waals surface area contributed by atoms with Gasteiger partial charge in [0.15, 0.2) is 0 Å². The summed E-state index contributed by atoms with van der Waals surface area (Å²) in [5.74, 6) is 1.19. The molecule has 148 valence electrons. The number of nitrogens with zero attached hydrogens (tertiary/aromatic N) is 3. The predicted molar refractivity (Wildman–Crippen MR) is 112 cm³/mol. The second-order valence-corrected chi connectivity index (χ2v) is 7.14. The fourth-order valence-electron chi connectivity index (χ4n) is 3.15. The van der Waals surface area contributed by atoms with Gasteiger partial charge in [0.25, 0.3) is 0 Å². The number of benzene rings is 2. The summed E-state index contributed by atoms with van der Waals surface area (Å²) < 4.78 is 7.72. The molecule has 29 heavy (non-hydrogen) atoms. The molecule has 0 saturated carbocycles. The highest BCUT2D eigenvalue weighted by atomic mass is 35.5. The lowest BCUT2D eigenvalue weighted by molar-refractivity contribution is -0.116. The number of hydrogen-bond donors (Lipinski definition) is 2. The topological polar surface area (TPSA) is 84.8 Å². The van der Waals surface area contributed by atoms with Crippen LogP contribution >= 0.6 is 11.6 Å². The van der Waals surface area contributed by atoms with E-state index >= 15 is 0 Å². The maximum Gasteiger partial charge on any atom is 0.244 e. The van der Waals surface area contributed by atoms with Crippen LogP contribution in [0.2, 0.25) is 5.02 Å². The number of fused-ring (bicyclic) bond motifs is 1. The van der Waals surface area contributed by atoms with Gasteiger partial charge in [-0.3, -0.25) is 9.89 Å². The Bertz CT molecular complexity index is 1140. The van der Waals surface area contributed by atoms with Gasteiger partial charge in [0, 0.05) is 5.02 Å². The average molecular weight is 410 g/mol. The molecule has 1 amide bonds. The number of carbonyl (C=O) groups is 1. The zero-order valence-electron chi connectivity index (χ0n) is 16.1. The lowest BCUT2D eigenvalue weighted by atomic mass is 10.3. The van der Waals surface area contributed by atoms with E-state index in [1.807, 2.05) is 42.7 Å². The molecule has 0 unspecified atom stereocenters. The molecule has 0 fully saturated rings. The van der Waals surface area contributed by atoms with Gasteiger partial charge in [0.05, 0.1) is 28.1 Å². The Morgan fingerprint density at radius 1 is 1.17 bits per heavy atom. The summed E-state index contributed by atoms with van der Waals surface area (Å²) in [6.07, 6.45) is 0. The van der Waals surface area contributed by atoms with Gasteiger partial charge in [0.1, 0.15) is 24.7 Å². The molecule has 4 aromatic rings. The number of rotatable bonds is 6. The third-order valence-corrected chi connectivity index (χ3v) is 4.86. The fraction of sp³-hybridized carbons (Fsp3) is 0.190. The first-order valence-corrected chi connectivity index (χ1v) is 9.53. The third kappa shape index (κ3) is 4.09. The van der Waals surface area contributed by atoms with Crippen molar-refractivity contribution < 1.29 is 9.53 Å². The number of H-pyrrole nitrogens is 1. The van der Waals surface area contributed by atoms with Crippen LogP contribution in [0, 0.1) is 13.8 Å². The molecule has 0 spiro atoms. The van der Waals surface area contributed by atoms with E-state index in [1.54, 1.807) is 24.3 Å². The van der Waals surface area contributed by atoms with Crippen LogP contribution < -0.4 is 10.1 Å². The smallest absolute Gasteiger partial charge is 0.244 e. The summed E-state index contributed by atoms with van der Waals surface area (Å²) in [4.78, 5) is 17.4. The first-order chi connectivity index (χ1) is 14.0. The Morgan fingerprint density at radius 2 is 1.93 bits per heavy atom. The first kappa shape index (κ1) is 19.0. The number of halogens is 1. The molecule has 0 radical (unpaired) electrons.